The Morgan fingerprint density at radius 2 is 1.56 bits per heavy atom. The molecular weight excluding hydrogens is 637 g/mol. The van der Waals surface area contributed by atoms with Gasteiger partial charge in [-0.3, -0.25) is 4.57 Å². The molecule has 0 radical (unpaired) electrons. The standard InChI is InChI=1S/C47H50N4O/c1-10-11-14-35-19-20-48-45(24-35)50-42-16-13-12-15-40(42)41-18-17-38(28-43(41)50)52-39-26-36(30(4)5)25-37(27-39)51-44(21-29(2)3)47(34(9)49-51)46-32(7)22-31(6)23-33(46)8/h12-13,15-20,22-29H,4,10-11,14,21H2,1-3,5-9H3. The first-order valence-electron chi connectivity index (χ1n) is 18.7. The molecule has 5 heteroatoms. The molecule has 7 aromatic rings. The van der Waals surface area contributed by atoms with Crippen molar-refractivity contribution < 1.29 is 4.74 Å². The zero-order valence-electron chi connectivity index (χ0n) is 32.0. The Hall–Kier alpha value is -5.42. The molecule has 0 aliphatic carbocycles. The third kappa shape index (κ3) is 6.68. The fraction of sp³-hybridized carbons (Fsp3) is 0.277. The van der Waals surface area contributed by atoms with E-state index in [-0.39, 0.29) is 0 Å². The third-order valence-corrected chi connectivity index (χ3v) is 10.1. The number of aromatic nitrogens is 4. The van der Waals surface area contributed by atoms with Crippen LogP contribution >= 0.6 is 0 Å². The van der Waals surface area contributed by atoms with Crippen LogP contribution in [0.1, 0.15) is 79.7 Å². The summed E-state index contributed by atoms with van der Waals surface area (Å²) in [6, 6.07) is 30.2. The first kappa shape index (κ1) is 35.0. The lowest BCUT2D eigenvalue weighted by molar-refractivity contribution is 0.482. The quantitative estimate of drug-likeness (QED) is 0.136. The SMILES string of the molecule is C=C(C)c1cc(Oc2ccc3c4ccccc4n(-c4cc(CCCC)ccn4)c3c2)cc(-n2nc(C)c(-c3c(C)cc(C)cc3C)c2CC(C)C)c1. The van der Waals surface area contributed by atoms with Gasteiger partial charge >= 0.3 is 0 Å². The molecule has 0 saturated carbocycles. The number of unbranched alkanes of at least 4 members (excludes halogenated alkanes) is 1. The van der Waals surface area contributed by atoms with Crippen LogP contribution in [0.25, 0.3) is 50.0 Å². The smallest absolute Gasteiger partial charge is 0.137 e. The van der Waals surface area contributed by atoms with Crippen molar-refractivity contribution in [2.75, 3.05) is 0 Å². The molecule has 0 unspecified atom stereocenters. The molecule has 5 nitrogen and oxygen atoms in total. The van der Waals surface area contributed by atoms with Crippen LogP contribution in [0.3, 0.4) is 0 Å². The molecule has 0 fully saturated rings. The molecule has 0 amide bonds. The second-order valence-corrected chi connectivity index (χ2v) is 14.9. The second kappa shape index (κ2) is 14.3. The van der Waals surface area contributed by atoms with Crippen LogP contribution in [-0.2, 0) is 12.8 Å². The molecule has 0 N–H and O–H groups in total. The van der Waals surface area contributed by atoms with Crippen molar-refractivity contribution >= 4 is 27.4 Å². The van der Waals surface area contributed by atoms with Gasteiger partial charge in [-0.15, -0.1) is 0 Å². The van der Waals surface area contributed by atoms with Gasteiger partial charge in [0.05, 0.1) is 28.1 Å². The Kier molecular flexibility index (Phi) is 9.63. The first-order valence-corrected chi connectivity index (χ1v) is 18.7. The number of hydrogen-bond acceptors (Lipinski definition) is 3. The van der Waals surface area contributed by atoms with E-state index < -0.39 is 0 Å². The zero-order valence-corrected chi connectivity index (χ0v) is 32.0. The Bertz CT molecular complexity index is 2440. The number of para-hydroxylation sites is 1. The lowest BCUT2D eigenvalue weighted by atomic mass is 9.90. The summed E-state index contributed by atoms with van der Waals surface area (Å²) in [6.07, 6.45) is 6.19. The Morgan fingerprint density at radius 3 is 2.29 bits per heavy atom. The summed E-state index contributed by atoms with van der Waals surface area (Å²) in [5.74, 6) is 2.87. The van der Waals surface area contributed by atoms with Crippen molar-refractivity contribution in [2.24, 2.45) is 5.92 Å². The summed E-state index contributed by atoms with van der Waals surface area (Å²) in [6.45, 7) is 21.9. The van der Waals surface area contributed by atoms with E-state index in [0.29, 0.717) is 5.92 Å². The summed E-state index contributed by atoms with van der Waals surface area (Å²) in [5, 5.41) is 7.58. The highest BCUT2D eigenvalue weighted by atomic mass is 16.5. The number of ether oxygens (including phenoxy) is 1. The zero-order chi connectivity index (χ0) is 36.7. The number of rotatable bonds is 11. The Morgan fingerprint density at radius 1 is 0.808 bits per heavy atom. The Labute approximate surface area is 308 Å². The molecule has 3 aromatic heterocycles. The minimum absolute atomic E-state index is 0.444. The van der Waals surface area contributed by atoms with Gasteiger partial charge in [0.25, 0.3) is 0 Å². The summed E-state index contributed by atoms with van der Waals surface area (Å²) in [5.41, 5.74) is 15.0. The highest BCUT2D eigenvalue weighted by molar-refractivity contribution is 6.09. The average Bonchev–Trinajstić information content (AvgIpc) is 3.60. The van der Waals surface area contributed by atoms with Gasteiger partial charge in [0, 0.05) is 34.7 Å². The van der Waals surface area contributed by atoms with E-state index in [9.17, 15) is 0 Å². The highest BCUT2D eigenvalue weighted by Crippen LogP contribution is 2.39. The predicted octanol–water partition coefficient (Wildman–Crippen LogP) is 12.6. The topological polar surface area (TPSA) is 44.9 Å². The van der Waals surface area contributed by atoms with Crippen molar-refractivity contribution in [1.82, 2.24) is 19.3 Å². The minimum Gasteiger partial charge on any atom is -0.457 e. The van der Waals surface area contributed by atoms with Gasteiger partial charge in [-0.2, -0.15) is 5.10 Å². The van der Waals surface area contributed by atoms with E-state index in [4.69, 9.17) is 14.8 Å². The molecule has 0 spiro atoms. The van der Waals surface area contributed by atoms with Crippen molar-refractivity contribution in [3.8, 4) is 34.1 Å². The van der Waals surface area contributed by atoms with E-state index in [2.05, 4.69) is 149 Å². The van der Waals surface area contributed by atoms with Gasteiger partial charge in [-0.05, 0) is 130 Å². The molecule has 0 atom stereocenters. The van der Waals surface area contributed by atoms with Crippen LogP contribution in [0.5, 0.6) is 11.5 Å². The van der Waals surface area contributed by atoms with Crippen molar-refractivity contribution in [1.29, 1.82) is 0 Å². The van der Waals surface area contributed by atoms with E-state index >= 15 is 0 Å². The molecule has 0 aliphatic heterocycles. The van der Waals surface area contributed by atoms with Crippen LogP contribution in [0.2, 0.25) is 0 Å². The van der Waals surface area contributed by atoms with Gasteiger partial charge in [-0.1, -0.05) is 75.2 Å². The maximum atomic E-state index is 6.78. The molecule has 0 aliphatic rings. The molecule has 0 bridgehead atoms. The Balaban J connectivity index is 1.35. The molecular formula is C47H50N4O. The first-order chi connectivity index (χ1) is 25.0. The van der Waals surface area contributed by atoms with Gasteiger partial charge in [0.1, 0.15) is 17.3 Å². The molecule has 0 saturated heterocycles. The highest BCUT2D eigenvalue weighted by Gasteiger charge is 2.23. The molecule has 264 valence electrons. The van der Waals surface area contributed by atoms with Crippen LogP contribution in [0, 0.1) is 33.6 Å². The largest absolute Gasteiger partial charge is 0.457 e. The molecule has 7 rings (SSSR count). The van der Waals surface area contributed by atoms with E-state index in [1.54, 1.807) is 0 Å². The fourth-order valence-corrected chi connectivity index (χ4v) is 7.79. The van der Waals surface area contributed by atoms with E-state index in [1.165, 1.54) is 49.8 Å². The van der Waals surface area contributed by atoms with Crippen LogP contribution in [-0.4, -0.2) is 19.3 Å². The number of allylic oxidation sites excluding steroid dienone is 1. The van der Waals surface area contributed by atoms with Gasteiger partial charge in [0.2, 0.25) is 0 Å². The number of aryl methyl sites for hydroxylation is 5. The lowest BCUT2D eigenvalue weighted by Crippen LogP contribution is -2.07. The monoisotopic (exact) mass is 686 g/mol. The number of fused-ring (bicyclic) bond motifs is 3. The van der Waals surface area contributed by atoms with Crippen molar-refractivity contribution in [3.05, 3.63) is 137 Å². The minimum atomic E-state index is 0.444. The lowest BCUT2D eigenvalue weighted by Gasteiger charge is -2.17. The molecule has 3 heterocycles. The maximum Gasteiger partial charge on any atom is 0.137 e. The summed E-state index contributed by atoms with van der Waals surface area (Å²) in [7, 11) is 0. The van der Waals surface area contributed by atoms with Crippen LogP contribution in [0.4, 0.5) is 0 Å². The summed E-state index contributed by atoms with van der Waals surface area (Å²) < 4.78 is 11.2. The van der Waals surface area contributed by atoms with Gasteiger partial charge < -0.3 is 4.74 Å². The van der Waals surface area contributed by atoms with Gasteiger partial charge in [0.15, 0.2) is 0 Å². The van der Waals surface area contributed by atoms with Crippen molar-refractivity contribution in [3.63, 3.8) is 0 Å². The summed E-state index contributed by atoms with van der Waals surface area (Å²) >= 11 is 0. The van der Waals surface area contributed by atoms with Gasteiger partial charge in [-0.25, -0.2) is 9.67 Å². The van der Waals surface area contributed by atoms with E-state index in [0.717, 1.165) is 76.6 Å². The van der Waals surface area contributed by atoms with E-state index in [1.807, 2.05) is 13.1 Å². The summed E-state index contributed by atoms with van der Waals surface area (Å²) in [4.78, 5) is 4.86. The third-order valence-electron chi connectivity index (χ3n) is 10.1. The number of hydrogen-bond donors (Lipinski definition) is 0. The van der Waals surface area contributed by atoms with Crippen molar-refractivity contribution in [2.45, 2.75) is 81.1 Å². The average molecular weight is 687 g/mol. The van der Waals surface area contributed by atoms with Crippen LogP contribution < -0.4 is 4.74 Å². The molecule has 4 aromatic carbocycles. The maximum absolute atomic E-state index is 6.78. The molecule has 52 heavy (non-hydrogen) atoms. The predicted molar refractivity (Wildman–Crippen MR) is 218 cm³/mol. The fourth-order valence-electron chi connectivity index (χ4n) is 7.79. The number of nitrogens with zero attached hydrogens (tertiary/aromatic N) is 4. The second-order valence-electron chi connectivity index (χ2n) is 14.9. The number of benzene rings is 4. The van der Waals surface area contributed by atoms with Crippen LogP contribution in [0.15, 0.2) is 97.7 Å². The number of pyridine rings is 1. The normalized spacial score (nSPS) is 11.6.